The number of nitrogens with one attached hydrogen (secondary N) is 1. The zero-order valence-corrected chi connectivity index (χ0v) is 17.6. The van der Waals surface area contributed by atoms with Crippen LogP contribution in [-0.4, -0.2) is 59.0 Å². The van der Waals surface area contributed by atoms with Crippen molar-refractivity contribution in [3.63, 3.8) is 0 Å². The number of ether oxygens (including phenoxy) is 2. The summed E-state index contributed by atoms with van der Waals surface area (Å²) in [6.07, 6.45) is 2.80. The van der Waals surface area contributed by atoms with E-state index in [9.17, 15) is 9.59 Å². The van der Waals surface area contributed by atoms with E-state index in [2.05, 4.69) is 15.5 Å². The second kappa shape index (κ2) is 9.71. The van der Waals surface area contributed by atoms with Gasteiger partial charge in [-0.05, 0) is 51.8 Å². The minimum Gasteiger partial charge on any atom is -0.444 e. The predicted molar refractivity (Wildman–Crippen MR) is 110 cm³/mol. The van der Waals surface area contributed by atoms with E-state index in [1.165, 1.54) is 6.39 Å². The monoisotopic (exact) mass is 416 g/mol. The molecule has 0 saturated carbocycles. The zero-order chi connectivity index (χ0) is 21.6. The summed E-state index contributed by atoms with van der Waals surface area (Å²) in [5.41, 5.74) is 0.822. The number of hydrogen-bond donors (Lipinski definition) is 1. The number of carbonyl (C=O) groups is 2. The number of aromatic nitrogens is 2. The third-order valence-electron chi connectivity index (χ3n) is 4.51. The molecule has 2 amide bonds. The second-order valence-corrected chi connectivity index (χ2v) is 8.32. The first-order valence-corrected chi connectivity index (χ1v) is 10.0. The number of rotatable bonds is 6. The molecule has 0 aliphatic carbocycles. The van der Waals surface area contributed by atoms with Crippen molar-refractivity contribution in [1.29, 1.82) is 0 Å². The van der Waals surface area contributed by atoms with E-state index >= 15 is 0 Å². The Hall–Kier alpha value is -2.94. The Kier molecular flexibility index (Phi) is 7.04. The number of anilines is 1. The summed E-state index contributed by atoms with van der Waals surface area (Å²) in [5, 5.41) is 10.3. The summed E-state index contributed by atoms with van der Waals surface area (Å²) in [4.78, 5) is 26.2. The maximum atomic E-state index is 12.2. The zero-order valence-electron chi connectivity index (χ0n) is 17.6. The van der Waals surface area contributed by atoms with Crippen LogP contribution in [0.15, 0.2) is 35.1 Å². The molecule has 1 aromatic carbocycles. The second-order valence-electron chi connectivity index (χ2n) is 8.32. The Bertz CT molecular complexity index is 847. The van der Waals surface area contributed by atoms with E-state index in [1.54, 1.807) is 23.1 Å². The van der Waals surface area contributed by atoms with E-state index in [-0.39, 0.29) is 24.5 Å². The van der Waals surface area contributed by atoms with Crippen LogP contribution in [0, 0.1) is 5.92 Å². The van der Waals surface area contributed by atoms with Crippen molar-refractivity contribution in [3.8, 4) is 11.5 Å². The number of hydrogen-bond acceptors (Lipinski definition) is 7. The summed E-state index contributed by atoms with van der Waals surface area (Å²) in [7, 11) is 0. The fourth-order valence-electron chi connectivity index (χ4n) is 3.24. The average molecular weight is 416 g/mol. The Labute approximate surface area is 175 Å². The standard InChI is InChI=1S/C21H28N4O5/c1-21(2,3)30-20(27)25-9-5-6-15(11-25)12-28-13-18(26)23-17-8-4-7-16(10-17)19-24-22-14-29-19/h4,7-8,10,14-15H,5-6,9,11-13H2,1-3H3,(H,23,26). The highest BCUT2D eigenvalue weighted by Gasteiger charge is 2.27. The van der Waals surface area contributed by atoms with E-state index in [0.717, 1.165) is 18.4 Å². The molecule has 2 aromatic rings. The van der Waals surface area contributed by atoms with Crippen molar-refractivity contribution in [2.45, 2.75) is 39.2 Å². The molecule has 2 heterocycles. The van der Waals surface area contributed by atoms with Crippen molar-refractivity contribution in [2.75, 3.05) is 31.6 Å². The average Bonchev–Trinajstić information content (AvgIpc) is 3.22. The van der Waals surface area contributed by atoms with E-state index in [0.29, 0.717) is 31.3 Å². The molecular formula is C21H28N4O5. The van der Waals surface area contributed by atoms with Gasteiger partial charge >= 0.3 is 6.09 Å². The molecule has 1 aliphatic heterocycles. The SMILES string of the molecule is CC(C)(C)OC(=O)N1CCCC(COCC(=O)Nc2cccc(-c3nnco3)c2)C1. The van der Waals surface area contributed by atoms with Gasteiger partial charge < -0.3 is 24.1 Å². The number of likely N-dealkylation sites (tertiary alicyclic amines) is 1. The van der Waals surface area contributed by atoms with Gasteiger partial charge in [0, 0.05) is 30.3 Å². The molecule has 1 atom stereocenters. The third kappa shape index (κ3) is 6.55. The van der Waals surface area contributed by atoms with Crippen molar-refractivity contribution < 1.29 is 23.5 Å². The van der Waals surface area contributed by atoms with Gasteiger partial charge in [-0.15, -0.1) is 10.2 Å². The molecule has 162 valence electrons. The molecule has 0 spiro atoms. The Morgan fingerprint density at radius 3 is 2.90 bits per heavy atom. The third-order valence-corrected chi connectivity index (χ3v) is 4.51. The summed E-state index contributed by atoms with van der Waals surface area (Å²) in [5.74, 6) is 0.312. The molecule has 1 saturated heterocycles. The van der Waals surface area contributed by atoms with Crippen LogP contribution >= 0.6 is 0 Å². The maximum Gasteiger partial charge on any atom is 0.410 e. The lowest BCUT2D eigenvalue weighted by atomic mass is 9.99. The highest BCUT2D eigenvalue weighted by atomic mass is 16.6. The molecular weight excluding hydrogens is 388 g/mol. The molecule has 1 N–H and O–H groups in total. The predicted octanol–water partition coefficient (Wildman–Crippen LogP) is 3.34. The van der Waals surface area contributed by atoms with Gasteiger partial charge in [0.1, 0.15) is 12.2 Å². The van der Waals surface area contributed by atoms with Gasteiger partial charge in [-0.2, -0.15) is 0 Å². The fourth-order valence-corrected chi connectivity index (χ4v) is 3.24. The summed E-state index contributed by atoms with van der Waals surface area (Å²) in [6.45, 7) is 7.16. The minimum absolute atomic E-state index is 0.0618. The number of benzene rings is 1. The van der Waals surface area contributed by atoms with E-state index in [4.69, 9.17) is 13.9 Å². The number of nitrogens with zero attached hydrogens (tertiary/aromatic N) is 3. The van der Waals surface area contributed by atoms with Gasteiger partial charge in [0.2, 0.25) is 18.2 Å². The fraction of sp³-hybridized carbons (Fsp3) is 0.524. The normalized spacial score (nSPS) is 16.9. The molecule has 1 aromatic heterocycles. The van der Waals surface area contributed by atoms with Crippen LogP contribution in [0.4, 0.5) is 10.5 Å². The number of amides is 2. The molecule has 30 heavy (non-hydrogen) atoms. The van der Waals surface area contributed by atoms with Crippen LogP contribution in [0.2, 0.25) is 0 Å². The van der Waals surface area contributed by atoms with Gasteiger partial charge in [0.25, 0.3) is 0 Å². The molecule has 0 bridgehead atoms. The molecule has 9 heteroatoms. The summed E-state index contributed by atoms with van der Waals surface area (Å²) < 4.78 is 16.2. The largest absolute Gasteiger partial charge is 0.444 e. The van der Waals surface area contributed by atoms with Crippen molar-refractivity contribution in [3.05, 3.63) is 30.7 Å². The smallest absolute Gasteiger partial charge is 0.410 e. The molecule has 1 aliphatic rings. The van der Waals surface area contributed by atoms with Gasteiger partial charge in [0.05, 0.1) is 6.61 Å². The van der Waals surface area contributed by atoms with Crippen molar-refractivity contribution >= 4 is 17.7 Å². The van der Waals surface area contributed by atoms with Gasteiger partial charge in [0.15, 0.2) is 0 Å². The topological polar surface area (TPSA) is 107 Å². The van der Waals surface area contributed by atoms with Gasteiger partial charge in [-0.1, -0.05) is 6.07 Å². The van der Waals surface area contributed by atoms with Crippen LogP contribution < -0.4 is 5.32 Å². The van der Waals surface area contributed by atoms with Crippen molar-refractivity contribution in [1.82, 2.24) is 15.1 Å². The van der Waals surface area contributed by atoms with Crippen LogP contribution in [-0.2, 0) is 14.3 Å². The first-order chi connectivity index (χ1) is 14.3. The Balaban J connectivity index is 1.42. The Morgan fingerprint density at radius 1 is 1.33 bits per heavy atom. The highest BCUT2D eigenvalue weighted by molar-refractivity contribution is 5.92. The molecule has 0 radical (unpaired) electrons. The number of piperidine rings is 1. The van der Waals surface area contributed by atoms with Crippen molar-refractivity contribution in [2.24, 2.45) is 5.92 Å². The van der Waals surface area contributed by atoms with E-state index < -0.39 is 5.60 Å². The number of carbonyl (C=O) groups excluding carboxylic acids is 2. The molecule has 3 rings (SSSR count). The lowest BCUT2D eigenvalue weighted by Crippen LogP contribution is -2.44. The lowest BCUT2D eigenvalue weighted by Gasteiger charge is -2.34. The van der Waals surface area contributed by atoms with Crippen LogP contribution in [0.3, 0.4) is 0 Å². The van der Waals surface area contributed by atoms with Crippen LogP contribution in [0.1, 0.15) is 33.6 Å². The van der Waals surface area contributed by atoms with Crippen LogP contribution in [0.5, 0.6) is 0 Å². The molecule has 1 fully saturated rings. The van der Waals surface area contributed by atoms with E-state index in [1.807, 2.05) is 26.8 Å². The van der Waals surface area contributed by atoms with Gasteiger partial charge in [-0.3, -0.25) is 4.79 Å². The first-order valence-electron chi connectivity index (χ1n) is 10.0. The summed E-state index contributed by atoms with van der Waals surface area (Å²) in [6, 6.07) is 7.14. The maximum absolute atomic E-state index is 12.2. The molecule has 9 nitrogen and oxygen atoms in total. The molecule has 1 unspecified atom stereocenters. The highest BCUT2D eigenvalue weighted by Crippen LogP contribution is 2.21. The van der Waals surface area contributed by atoms with Crippen LogP contribution in [0.25, 0.3) is 11.5 Å². The summed E-state index contributed by atoms with van der Waals surface area (Å²) >= 11 is 0. The van der Waals surface area contributed by atoms with Gasteiger partial charge in [-0.25, -0.2) is 4.79 Å². The lowest BCUT2D eigenvalue weighted by molar-refractivity contribution is -0.121. The Morgan fingerprint density at radius 2 is 2.17 bits per heavy atom. The quantitative estimate of drug-likeness (QED) is 0.769. The minimum atomic E-state index is -0.514. The first kappa shape index (κ1) is 21.8.